The summed E-state index contributed by atoms with van der Waals surface area (Å²) < 4.78 is 0. The topological polar surface area (TPSA) is 24.9 Å². The number of aromatic nitrogens is 1. The SMILES string of the molecule is CNC(Cc1nc(C)cs1)c1ccc(Cl)cc1C. The number of thiazole rings is 1. The minimum absolute atomic E-state index is 0.285. The smallest absolute Gasteiger partial charge is 0.0947 e. The number of hydrogen-bond donors (Lipinski definition) is 1. The lowest BCUT2D eigenvalue weighted by Crippen LogP contribution is -2.19. The van der Waals surface area contributed by atoms with E-state index in [4.69, 9.17) is 11.6 Å². The largest absolute Gasteiger partial charge is 0.313 e. The van der Waals surface area contributed by atoms with Gasteiger partial charge in [0.2, 0.25) is 0 Å². The minimum Gasteiger partial charge on any atom is -0.313 e. The third-order valence-corrected chi connectivity index (χ3v) is 4.23. The van der Waals surface area contributed by atoms with Crippen molar-refractivity contribution < 1.29 is 0 Å². The molecule has 0 fully saturated rings. The van der Waals surface area contributed by atoms with Crippen molar-refractivity contribution >= 4 is 22.9 Å². The molecule has 2 rings (SSSR count). The van der Waals surface area contributed by atoms with Crippen LogP contribution in [0.1, 0.15) is 27.9 Å². The van der Waals surface area contributed by atoms with Gasteiger partial charge in [-0.15, -0.1) is 11.3 Å². The first-order valence-corrected chi connectivity index (χ1v) is 7.20. The molecule has 2 nitrogen and oxygen atoms in total. The molecular weight excluding hydrogens is 264 g/mol. The summed E-state index contributed by atoms with van der Waals surface area (Å²) in [7, 11) is 1.99. The summed E-state index contributed by atoms with van der Waals surface area (Å²) >= 11 is 7.72. The molecule has 18 heavy (non-hydrogen) atoms. The van der Waals surface area contributed by atoms with Crippen LogP contribution in [0.2, 0.25) is 5.02 Å². The van der Waals surface area contributed by atoms with Crippen LogP contribution in [0.4, 0.5) is 0 Å². The summed E-state index contributed by atoms with van der Waals surface area (Å²) in [5.74, 6) is 0. The molecule has 0 aliphatic heterocycles. The molecule has 1 atom stereocenters. The van der Waals surface area contributed by atoms with Crippen molar-refractivity contribution in [3.63, 3.8) is 0 Å². The highest BCUT2D eigenvalue weighted by molar-refractivity contribution is 7.09. The quantitative estimate of drug-likeness (QED) is 0.918. The summed E-state index contributed by atoms with van der Waals surface area (Å²) in [5.41, 5.74) is 3.60. The van der Waals surface area contributed by atoms with E-state index in [0.29, 0.717) is 0 Å². The average Bonchev–Trinajstić information content (AvgIpc) is 2.72. The highest BCUT2D eigenvalue weighted by atomic mass is 35.5. The first kappa shape index (κ1) is 13.5. The fourth-order valence-electron chi connectivity index (χ4n) is 2.07. The van der Waals surface area contributed by atoms with E-state index in [9.17, 15) is 0 Å². The Labute approximate surface area is 117 Å². The van der Waals surface area contributed by atoms with E-state index in [1.807, 2.05) is 26.1 Å². The van der Waals surface area contributed by atoms with E-state index in [0.717, 1.165) is 17.1 Å². The molecule has 1 heterocycles. The van der Waals surface area contributed by atoms with Crippen LogP contribution in [0, 0.1) is 13.8 Å². The minimum atomic E-state index is 0.285. The highest BCUT2D eigenvalue weighted by Crippen LogP contribution is 2.25. The Bertz CT molecular complexity index is 536. The maximum Gasteiger partial charge on any atom is 0.0947 e. The zero-order valence-corrected chi connectivity index (χ0v) is 12.4. The van der Waals surface area contributed by atoms with E-state index in [1.165, 1.54) is 16.1 Å². The number of halogens is 1. The predicted octanol–water partition coefficient (Wildman–Crippen LogP) is 3.92. The van der Waals surface area contributed by atoms with Gasteiger partial charge in [0.15, 0.2) is 0 Å². The summed E-state index contributed by atoms with van der Waals surface area (Å²) in [5, 5.41) is 7.41. The lowest BCUT2D eigenvalue weighted by Gasteiger charge is -2.18. The van der Waals surface area contributed by atoms with Crippen LogP contribution in [0.25, 0.3) is 0 Å². The normalized spacial score (nSPS) is 12.7. The maximum atomic E-state index is 6.00. The molecule has 1 aromatic heterocycles. The number of hydrogen-bond acceptors (Lipinski definition) is 3. The molecular formula is C14H17ClN2S. The molecule has 0 bridgehead atoms. The van der Waals surface area contributed by atoms with Gasteiger partial charge < -0.3 is 5.32 Å². The summed E-state index contributed by atoms with van der Waals surface area (Å²) in [6, 6.07) is 6.34. The van der Waals surface area contributed by atoms with Crippen molar-refractivity contribution in [2.75, 3.05) is 7.05 Å². The van der Waals surface area contributed by atoms with E-state index in [1.54, 1.807) is 11.3 Å². The summed E-state index contributed by atoms with van der Waals surface area (Å²) in [6.45, 7) is 4.13. The Morgan fingerprint density at radius 2 is 2.17 bits per heavy atom. The number of nitrogens with zero attached hydrogens (tertiary/aromatic N) is 1. The van der Waals surface area contributed by atoms with Crippen LogP contribution in [0.3, 0.4) is 0 Å². The maximum absolute atomic E-state index is 6.00. The van der Waals surface area contributed by atoms with Gasteiger partial charge >= 0.3 is 0 Å². The first-order valence-electron chi connectivity index (χ1n) is 5.94. The van der Waals surface area contributed by atoms with E-state index >= 15 is 0 Å². The zero-order valence-electron chi connectivity index (χ0n) is 10.8. The summed E-state index contributed by atoms with van der Waals surface area (Å²) in [4.78, 5) is 4.52. The monoisotopic (exact) mass is 280 g/mol. The Balaban J connectivity index is 2.22. The number of likely N-dealkylation sites (N-methyl/N-ethyl adjacent to an activating group) is 1. The molecule has 1 N–H and O–H groups in total. The van der Waals surface area contributed by atoms with Crippen LogP contribution >= 0.6 is 22.9 Å². The van der Waals surface area contributed by atoms with Crippen LogP contribution in [0.15, 0.2) is 23.6 Å². The van der Waals surface area contributed by atoms with Crippen LogP contribution in [0.5, 0.6) is 0 Å². The number of rotatable bonds is 4. The molecule has 1 unspecified atom stereocenters. The number of aryl methyl sites for hydroxylation is 2. The Morgan fingerprint density at radius 1 is 1.39 bits per heavy atom. The van der Waals surface area contributed by atoms with Crippen LogP contribution < -0.4 is 5.32 Å². The van der Waals surface area contributed by atoms with Gasteiger partial charge in [-0.1, -0.05) is 17.7 Å². The number of nitrogens with one attached hydrogen (secondary N) is 1. The second kappa shape index (κ2) is 5.83. The molecule has 2 aromatic rings. The van der Waals surface area contributed by atoms with Crippen molar-refractivity contribution in [2.45, 2.75) is 26.3 Å². The Morgan fingerprint density at radius 3 is 2.72 bits per heavy atom. The van der Waals surface area contributed by atoms with E-state index in [2.05, 4.69) is 28.7 Å². The molecule has 1 aromatic carbocycles. The van der Waals surface area contributed by atoms with E-state index < -0.39 is 0 Å². The fraction of sp³-hybridized carbons (Fsp3) is 0.357. The molecule has 0 saturated heterocycles. The van der Waals surface area contributed by atoms with Gasteiger partial charge in [-0.2, -0.15) is 0 Å². The lowest BCUT2D eigenvalue weighted by molar-refractivity contribution is 0.587. The molecule has 96 valence electrons. The lowest BCUT2D eigenvalue weighted by atomic mass is 9.99. The molecule has 0 aliphatic rings. The second-order valence-corrected chi connectivity index (χ2v) is 5.81. The average molecular weight is 281 g/mol. The molecule has 0 amide bonds. The van der Waals surface area contributed by atoms with Gasteiger partial charge in [-0.25, -0.2) is 4.98 Å². The summed E-state index contributed by atoms with van der Waals surface area (Å²) in [6.07, 6.45) is 0.914. The third kappa shape index (κ3) is 3.10. The molecule has 0 saturated carbocycles. The molecule has 0 radical (unpaired) electrons. The van der Waals surface area contributed by atoms with Crippen molar-refractivity contribution in [3.05, 3.63) is 50.4 Å². The van der Waals surface area contributed by atoms with Crippen molar-refractivity contribution in [1.29, 1.82) is 0 Å². The van der Waals surface area contributed by atoms with Gasteiger partial charge in [-0.05, 0) is 44.2 Å². The second-order valence-electron chi connectivity index (χ2n) is 4.43. The van der Waals surface area contributed by atoms with Crippen molar-refractivity contribution in [2.24, 2.45) is 0 Å². The zero-order chi connectivity index (χ0) is 13.1. The van der Waals surface area contributed by atoms with Crippen molar-refractivity contribution in [3.8, 4) is 0 Å². The van der Waals surface area contributed by atoms with Gasteiger partial charge in [0.25, 0.3) is 0 Å². The van der Waals surface area contributed by atoms with Gasteiger partial charge in [0.05, 0.1) is 5.01 Å². The molecule has 0 spiro atoms. The van der Waals surface area contributed by atoms with E-state index in [-0.39, 0.29) is 6.04 Å². The first-order chi connectivity index (χ1) is 8.60. The van der Waals surface area contributed by atoms with Crippen LogP contribution in [-0.4, -0.2) is 12.0 Å². The number of benzene rings is 1. The van der Waals surface area contributed by atoms with Gasteiger partial charge in [-0.3, -0.25) is 0 Å². The molecule has 4 heteroatoms. The Hall–Kier alpha value is -0.900. The van der Waals surface area contributed by atoms with Gasteiger partial charge in [0, 0.05) is 28.6 Å². The predicted molar refractivity (Wildman–Crippen MR) is 78.5 cm³/mol. The third-order valence-electron chi connectivity index (χ3n) is 3.00. The van der Waals surface area contributed by atoms with Gasteiger partial charge in [0.1, 0.15) is 0 Å². The highest BCUT2D eigenvalue weighted by Gasteiger charge is 2.14. The van der Waals surface area contributed by atoms with Crippen LogP contribution in [-0.2, 0) is 6.42 Å². The fourth-order valence-corrected chi connectivity index (χ4v) is 3.11. The molecule has 0 aliphatic carbocycles. The van der Waals surface area contributed by atoms with Crippen molar-refractivity contribution in [1.82, 2.24) is 10.3 Å². The standard InChI is InChI=1S/C14H17ClN2S/c1-9-6-11(15)4-5-12(9)13(16-3)7-14-17-10(2)8-18-14/h4-6,8,13,16H,7H2,1-3H3. The Kier molecular flexibility index (Phi) is 4.38.